The van der Waals surface area contributed by atoms with Gasteiger partial charge in [-0.05, 0) is 62.4 Å². The monoisotopic (exact) mass is 545 g/mol. The number of nitrogens with one attached hydrogen (secondary N) is 1. The summed E-state index contributed by atoms with van der Waals surface area (Å²) in [5.41, 5.74) is 4.59. The first-order valence-corrected chi connectivity index (χ1v) is 12.9. The number of hydrogen-bond acceptors (Lipinski definition) is 7. The van der Waals surface area contributed by atoms with Crippen LogP contribution in [0, 0.1) is 6.92 Å². The molecule has 0 aliphatic rings. The van der Waals surface area contributed by atoms with Gasteiger partial charge < -0.3 is 14.2 Å². The van der Waals surface area contributed by atoms with Crippen molar-refractivity contribution < 1.29 is 27.4 Å². The Bertz CT molecular complexity index is 1410. The second-order valence-corrected chi connectivity index (χ2v) is 10.2. The molecule has 0 atom stereocenters. The molecule has 196 valence electrons. The standard InChI is InChI=1S/C26H28ClN3O6S/c1-17-6-10-21(11-7-17)37(32,33)30(22-15-20(27)9-13-23(22)34-3)16-26(31)29-28-18(2)19-8-12-24(35-4)25(14-19)36-5/h6-15H,16H2,1-5H3,(H,29,31)/b28-18-. The minimum Gasteiger partial charge on any atom is -0.495 e. The molecule has 0 spiro atoms. The highest BCUT2D eigenvalue weighted by Gasteiger charge is 2.29. The van der Waals surface area contributed by atoms with Gasteiger partial charge in [0.25, 0.3) is 15.9 Å². The fourth-order valence-corrected chi connectivity index (χ4v) is 5.02. The van der Waals surface area contributed by atoms with E-state index < -0.39 is 22.5 Å². The van der Waals surface area contributed by atoms with Crippen molar-refractivity contribution in [3.8, 4) is 17.2 Å². The Labute approximate surface area is 221 Å². The molecule has 0 radical (unpaired) electrons. The third kappa shape index (κ3) is 6.52. The minimum atomic E-state index is -4.17. The van der Waals surface area contributed by atoms with E-state index >= 15 is 0 Å². The number of amides is 1. The summed E-state index contributed by atoms with van der Waals surface area (Å²) >= 11 is 6.17. The minimum absolute atomic E-state index is 0.0120. The van der Waals surface area contributed by atoms with Gasteiger partial charge in [-0.25, -0.2) is 13.8 Å². The number of hydrazone groups is 1. The predicted octanol–water partition coefficient (Wildman–Crippen LogP) is 4.41. The molecule has 1 N–H and O–H groups in total. The Morgan fingerprint density at radius 1 is 0.919 bits per heavy atom. The summed E-state index contributed by atoms with van der Waals surface area (Å²) in [6.07, 6.45) is 0. The average molecular weight is 546 g/mol. The van der Waals surface area contributed by atoms with Crippen LogP contribution in [-0.2, 0) is 14.8 Å². The van der Waals surface area contributed by atoms with Crippen molar-refractivity contribution in [2.45, 2.75) is 18.7 Å². The van der Waals surface area contributed by atoms with Crippen LogP contribution in [0.2, 0.25) is 5.02 Å². The van der Waals surface area contributed by atoms with Gasteiger partial charge in [-0.1, -0.05) is 29.3 Å². The van der Waals surface area contributed by atoms with Crippen LogP contribution in [0.25, 0.3) is 0 Å². The van der Waals surface area contributed by atoms with E-state index in [9.17, 15) is 13.2 Å². The molecule has 37 heavy (non-hydrogen) atoms. The van der Waals surface area contributed by atoms with Gasteiger partial charge in [-0.2, -0.15) is 5.10 Å². The van der Waals surface area contributed by atoms with Crippen molar-refractivity contribution in [1.29, 1.82) is 0 Å². The van der Waals surface area contributed by atoms with E-state index in [2.05, 4.69) is 10.5 Å². The lowest BCUT2D eigenvalue weighted by Gasteiger charge is -2.25. The molecule has 1 amide bonds. The van der Waals surface area contributed by atoms with Crippen LogP contribution in [0.15, 0.2) is 70.7 Å². The number of methoxy groups -OCH3 is 3. The number of aryl methyl sites for hydroxylation is 1. The maximum atomic E-state index is 13.6. The second kappa shape index (κ2) is 12.0. The van der Waals surface area contributed by atoms with Crippen LogP contribution in [0.4, 0.5) is 5.69 Å². The smallest absolute Gasteiger partial charge is 0.264 e. The van der Waals surface area contributed by atoms with Crippen LogP contribution >= 0.6 is 11.6 Å². The quantitative estimate of drug-likeness (QED) is 0.299. The van der Waals surface area contributed by atoms with Crippen molar-refractivity contribution in [2.24, 2.45) is 5.10 Å². The second-order valence-electron chi connectivity index (χ2n) is 7.94. The first-order valence-electron chi connectivity index (χ1n) is 11.1. The molecule has 0 aliphatic carbocycles. The van der Waals surface area contributed by atoms with E-state index in [1.165, 1.54) is 45.6 Å². The van der Waals surface area contributed by atoms with Crippen LogP contribution in [0.1, 0.15) is 18.1 Å². The molecule has 0 fully saturated rings. The van der Waals surface area contributed by atoms with Crippen molar-refractivity contribution in [2.75, 3.05) is 32.2 Å². The highest BCUT2D eigenvalue weighted by molar-refractivity contribution is 7.92. The Morgan fingerprint density at radius 3 is 2.16 bits per heavy atom. The van der Waals surface area contributed by atoms with E-state index in [-0.39, 0.29) is 21.4 Å². The molecule has 0 aliphatic heterocycles. The lowest BCUT2D eigenvalue weighted by Crippen LogP contribution is -2.40. The summed E-state index contributed by atoms with van der Waals surface area (Å²) in [6, 6.07) is 16.0. The number of sulfonamides is 1. The maximum Gasteiger partial charge on any atom is 0.264 e. The number of carbonyl (C=O) groups is 1. The molecule has 0 saturated heterocycles. The zero-order valence-corrected chi connectivity index (χ0v) is 22.7. The summed E-state index contributed by atoms with van der Waals surface area (Å²) in [4.78, 5) is 13.0. The van der Waals surface area contributed by atoms with Crippen molar-refractivity contribution >= 4 is 38.9 Å². The molecular weight excluding hydrogens is 518 g/mol. The molecule has 0 heterocycles. The van der Waals surface area contributed by atoms with Gasteiger partial charge in [0.15, 0.2) is 11.5 Å². The summed E-state index contributed by atoms with van der Waals surface area (Å²) in [5, 5.41) is 4.42. The lowest BCUT2D eigenvalue weighted by atomic mass is 10.1. The average Bonchev–Trinajstić information content (AvgIpc) is 2.90. The molecule has 0 bridgehead atoms. The summed E-state index contributed by atoms with van der Waals surface area (Å²) in [7, 11) is 0.284. The van der Waals surface area contributed by atoms with Crippen LogP contribution in [-0.4, -0.2) is 47.9 Å². The fraction of sp³-hybridized carbons (Fsp3) is 0.231. The molecule has 11 heteroatoms. The summed E-state index contributed by atoms with van der Waals surface area (Å²) in [6.45, 7) is 2.97. The Morgan fingerprint density at radius 2 is 1.54 bits per heavy atom. The van der Waals surface area contributed by atoms with Crippen LogP contribution < -0.4 is 23.9 Å². The first-order chi connectivity index (χ1) is 17.6. The van der Waals surface area contributed by atoms with Gasteiger partial charge in [-0.15, -0.1) is 0 Å². The van der Waals surface area contributed by atoms with Gasteiger partial charge in [0.1, 0.15) is 12.3 Å². The molecule has 0 unspecified atom stereocenters. The highest BCUT2D eigenvalue weighted by atomic mass is 35.5. The van der Waals surface area contributed by atoms with Crippen molar-refractivity contribution in [1.82, 2.24) is 5.43 Å². The molecule has 3 aromatic carbocycles. The Hall–Kier alpha value is -3.76. The molecule has 0 aromatic heterocycles. The number of nitrogens with zero attached hydrogens (tertiary/aromatic N) is 2. The number of anilines is 1. The van der Waals surface area contributed by atoms with E-state index in [0.29, 0.717) is 22.8 Å². The number of rotatable bonds is 10. The normalized spacial score (nSPS) is 11.6. The van der Waals surface area contributed by atoms with E-state index in [0.717, 1.165) is 9.87 Å². The Balaban J connectivity index is 1.93. The topological polar surface area (TPSA) is 107 Å². The molecule has 3 aromatic rings. The largest absolute Gasteiger partial charge is 0.495 e. The number of carbonyl (C=O) groups excluding carboxylic acids is 1. The zero-order valence-electron chi connectivity index (χ0n) is 21.1. The van der Waals surface area contributed by atoms with E-state index in [1.807, 2.05) is 6.92 Å². The fourth-order valence-electron chi connectivity index (χ4n) is 3.43. The van der Waals surface area contributed by atoms with Crippen LogP contribution in [0.3, 0.4) is 0 Å². The van der Waals surface area contributed by atoms with E-state index in [4.69, 9.17) is 25.8 Å². The van der Waals surface area contributed by atoms with Crippen LogP contribution in [0.5, 0.6) is 17.2 Å². The first kappa shape index (κ1) is 27.8. The number of benzene rings is 3. The molecule has 3 rings (SSSR count). The molecule has 9 nitrogen and oxygen atoms in total. The zero-order chi connectivity index (χ0) is 27.2. The maximum absolute atomic E-state index is 13.6. The molecule has 0 saturated carbocycles. The number of halogens is 1. The van der Waals surface area contributed by atoms with E-state index in [1.54, 1.807) is 43.3 Å². The third-order valence-corrected chi connectivity index (χ3v) is 7.46. The SMILES string of the molecule is COc1ccc(/C(C)=N\NC(=O)CN(c2cc(Cl)ccc2OC)S(=O)(=O)c2ccc(C)cc2)cc1OC. The molecular formula is C26H28ClN3O6S. The summed E-state index contributed by atoms with van der Waals surface area (Å²) in [5.74, 6) is 0.621. The van der Waals surface area contributed by atoms with Crippen molar-refractivity contribution in [3.63, 3.8) is 0 Å². The lowest BCUT2D eigenvalue weighted by molar-refractivity contribution is -0.119. The van der Waals surface area contributed by atoms with Gasteiger partial charge in [0.05, 0.1) is 37.6 Å². The number of ether oxygens (including phenoxy) is 3. The van der Waals surface area contributed by atoms with Gasteiger partial charge in [0, 0.05) is 10.6 Å². The number of hydrogen-bond donors (Lipinski definition) is 1. The third-order valence-electron chi connectivity index (χ3n) is 5.46. The van der Waals surface area contributed by atoms with Gasteiger partial charge in [-0.3, -0.25) is 9.10 Å². The predicted molar refractivity (Wildman–Crippen MR) is 144 cm³/mol. The van der Waals surface area contributed by atoms with Gasteiger partial charge >= 0.3 is 0 Å². The summed E-state index contributed by atoms with van der Waals surface area (Å²) < 4.78 is 44.1. The van der Waals surface area contributed by atoms with Crippen molar-refractivity contribution in [3.05, 3.63) is 76.8 Å². The Kier molecular flexibility index (Phi) is 9.01. The highest BCUT2D eigenvalue weighted by Crippen LogP contribution is 2.35. The van der Waals surface area contributed by atoms with Gasteiger partial charge in [0.2, 0.25) is 0 Å².